The molecule has 0 spiro atoms. The Kier molecular flexibility index (Phi) is 5.54. The average Bonchev–Trinajstić information content (AvgIpc) is 2.94. The molecule has 174 valence electrons. The minimum atomic E-state index is -4.54. The van der Waals surface area contributed by atoms with Gasteiger partial charge in [-0.1, -0.05) is 18.2 Å². The summed E-state index contributed by atoms with van der Waals surface area (Å²) in [5.41, 5.74) is -5.25. The second kappa shape index (κ2) is 7.81. The van der Waals surface area contributed by atoms with Gasteiger partial charge in [0.2, 0.25) is 6.23 Å². The normalized spacial score (nSPS) is 31.3. The maximum absolute atomic E-state index is 14.7. The fourth-order valence-electron chi connectivity index (χ4n) is 3.26. The molecule has 2 aromatic rings. The summed E-state index contributed by atoms with van der Waals surface area (Å²) in [7, 11) is -4.54. The number of alkyl halides is 4. The Morgan fingerprint density at radius 1 is 1.28 bits per heavy atom. The number of fused-ring (bicyclic) bond motifs is 1. The van der Waals surface area contributed by atoms with Gasteiger partial charge in [0.25, 0.3) is 12.0 Å². The van der Waals surface area contributed by atoms with Gasteiger partial charge in [-0.2, -0.15) is 8.78 Å². The van der Waals surface area contributed by atoms with E-state index in [1.807, 2.05) is 0 Å². The van der Waals surface area contributed by atoms with E-state index in [1.165, 1.54) is 12.1 Å². The van der Waals surface area contributed by atoms with Crippen LogP contribution in [0.25, 0.3) is 0 Å². The maximum atomic E-state index is 14.7. The molecule has 10 nitrogen and oxygen atoms in total. The summed E-state index contributed by atoms with van der Waals surface area (Å²) in [5, 5.41) is 10.1. The van der Waals surface area contributed by atoms with E-state index in [0.717, 1.165) is 0 Å². The van der Waals surface area contributed by atoms with Crippen molar-refractivity contribution >= 4 is 7.82 Å². The van der Waals surface area contributed by atoms with Crippen LogP contribution in [0, 0.1) is 0 Å². The SMILES string of the molecule is O=c1ccn([C@@H]2O[C@@](COP3(=O)OCc4ccccc4O3)(C(F)F)[C@@H](O)C2(F)F)c(=O)[nH]1. The van der Waals surface area contributed by atoms with Crippen molar-refractivity contribution in [3.63, 3.8) is 0 Å². The van der Waals surface area contributed by atoms with Crippen molar-refractivity contribution in [2.24, 2.45) is 0 Å². The van der Waals surface area contributed by atoms with Gasteiger partial charge in [-0.15, -0.1) is 0 Å². The molecule has 0 aliphatic carbocycles. The molecule has 4 atom stereocenters. The van der Waals surface area contributed by atoms with Gasteiger partial charge in [0.15, 0.2) is 11.7 Å². The number of para-hydroxylation sites is 1. The first-order valence-corrected chi connectivity index (χ1v) is 10.4. The Balaban J connectivity index is 1.63. The topological polar surface area (TPSA) is 129 Å². The minimum absolute atomic E-state index is 0.0732. The molecule has 0 saturated carbocycles. The number of hydrogen-bond acceptors (Lipinski definition) is 8. The van der Waals surface area contributed by atoms with Crippen LogP contribution in [0.1, 0.15) is 11.8 Å². The highest BCUT2D eigenvalue weighted by molar-refractivity contribution is 7.49. The number of H-pyrrole nitrogens is 1. The largest absolute Gasteiger partial charge is 0.530 e. The second-order valence-electron chi connectivity index (χ2n) is 7.01. The van der Waals surface area contributed by atoms with Gasteiger partial charge in [0, 0.05) is 17.8 Å². The Labute approximate surface area is 175 Å². The van der Waals surface area contributed by atoms with Gasteiger partial charge in [0.05, 0.1) is 13.2 Å². The molecule has 2 N–H and O–H groups in total. The third-order valence-corrected chi connectivity index (χ3v) is 6.28. The molecular formula is C17H15F4N2O8P. The Bertz CT molecular complexity index is 1190. The molecular weight excluding hydrogens is 467 g/mol. The molecule has 15 heteroatoms. The lowest BCUT2D eigenvalue weighted by atomic mass is 9.96. The summed E-state index contributed by atoms with van der Waals surface area (Å²) < 4.78 is 89.9. The molecule has 0 radical (unpaired) electrons. The lowest BCUT2D eigenvalue weighted by molar-refractivity contribution is -0.194. The Morgan fingerprint density at radius 3 is 2.69 bits per heavy atom. The van der Waals surface area contributed by atoms with Gasteiger partial charge in [-0.25, -0.2) is 18.1 Å². The van der Waals surface area contributed by atoms with E-state index in [4.69, 9.17) is 18.3 Å². The van der Waals surface area contributed by atoms with Gasteiger partial charge in [0.1, 0.15) is 5.75 Å². The Morgan fingerprint density at radius 2 is 2.00 bits per heavy atom. The van der Waals surface area contributed by atoms with Gasteiger partial charge >= 0.3 is 19.4 Å². The van der Waals surface area contributed by atoms with Crippen LogP contribution in [0.5, 0.6) is 5.75 Å². The molecule has 2 aliphatic heterocycles. The first-order chi connectivity index (χ1) is 15.0. The maximum Gasteiger partial charge on any atom is 0.530 e. The number of rotatable bonds is 5. The molecule has 32 heavy (non-hydrogen) atoms. The zero-order chi connectivity index (χ0) is 23.3. The zero-order valence-electron chi connectivity index (χ0n) is 15.8. The van der Waals surface area contributed by atoms with Crippen LogP contribution in [0.15, 0.2) is 46.1 Å². The monoisotopic (exact) mass is 482 g/mol. The van der Waals surface area contributed by atoms with Crippen LogP contribution in [0.3, 0.4) is 0 Å². The second-order valence-corrected chi connectivity index (χ2v) is 8.61. The third-order valence-electron chi connectivity index (χ3n) is 4.97. The fraction of sp³-hybridized carbons (Fsp3) is 0.412. The van der Waals surface area contributed by atoms with E-state index in [-0.39, 0.29) is 16.9 Å². The summed E-state index contributed by atoms with van der Waals surface area (Å²) in [5.74, 6) is -4.36. The van der Waals surface area contributed by atoms with E-state index in [2.05, 4.69) is 0 Å². The number of aliphatic hydroxyl groups is 1. The molecule has 0 bridgehead atoms. The van der Waals surface area contributed by atoms with Crippen LogP contribution in [-0.4, -0.2) is 45.3 Å². The van der Waals surface area contributed by atoms with E-state index in [9.17, 15) is 36.8 Å². The number of aromatic nitrogens is 2. The van der Waals surface area contributed by atoms with Crippen molar-refractivity contribution in [1.29, 1.82) is 0 Å². The van der Waals surface area contributed by atoms with Crippen molar-refractivity contribution < 1.29 is 45.5 Å². The molecule has 1 unspecified atom stereocenters. The summed E-state index contributed by atoms with van der Waals surface area (Å²) in [6.07, 6.45) is -9.10. The van der Waals surface area contributed by atoms with Crippen LogP contribution in [-0.2, 0) is 25.0 Å². The van der Waals surface area contributed by atoms with Gasteiger partial charge < -0.3 is 14.4 Å². The van der Waals surface area contributed by atoms with Crippen molar-refractivity contribution in [1.82, 2.24) is 9.55 Å². The number of phosphoric acid groups is 1. The minimum Gasteiger partial charge on any atom is -0.404 e. The third kappa shape index (κ3) is 3.67. The molecule has 1 saturated heterocycles. The predicted molar refractivity (Wildman–Crippen MR) is 96.6 cm³/mol. The first-order valence-electron chi connectivity index (χ1n) is 8.98. The number of aromatic amines is 1. The van der Waals surface area contributed by atoms with E-state index >= 15 is 0 Å². The number of ether oxygens (including phenoxy) is 1. The highest BCUT2D eigenvalue weighted by Gasteiger charge is 2.71. The van der Waals surface area contributed by atoms with Crippen molar-refractivity contribution in [3.05, 3.63) is 62.9 Å². The summed E-state index contributed by atoms with van der Waals surface area (Å²) in [6, 6.07) is 6.84. The first kappa shape index (κ1) is 22.7. The van der Waals surface area contributed by atoms with Crippen molar-refractivity contribution in [2.45, 2.75) is 36.9 Å². The summed E-state index contributed by atoms with van der Waals surface area (Å²) in [4.78, 5) is 24.7. The Hall–Kier alpha value is -2.51. The smallest absolute Gasteiger partial charge is 0.404 e. The molecule has 2 aliphatic rings. The van der Waals surface area contributed by atoms with Crippen LogP contribution >= 0.6 is 7.82 Å². The molecule has 4 rings (SSSR count). The summed E-state index contributed by atoms with van der Waals surface area (Å²) in [6.45, 7) is -1.81. The number of nitrogens with zero attached hydrogens (tertiary/aromatic N) is 1. The fourth-order valence-corrected chi connectivity index (χ4v) is 4.52. The highest BCUT2D eigenvalue weighted by atomic mass is 31.2. The molecule has 1 aromatic carbocycles. The number of hydrogen-bond donors (Lipinski definition) is 2. The number of halogens is 4. The van der Waals surface area contributed by atoms with Crippen molar-refractivity contribution in [2.75, 3.05) is 6.61 Å². The lowest BCUT2D eigenvalue weighted by Gasteiger charge is -2.32. The quantitative estimate of drug-likeness (QED) is 0.488. The van der Waals surface area contributed by atoms with E-state index in [1.54, 1.807) is 17.1 Å². The number of nitrogens with one attached hydrogen (secondary N) is 1. The number of benzene rings is 1. The predicted octanol–water partition coefficient (Wildman–Crippen LogP) is 1.80. The van der Waals surface area contributed by atoms with Crippen LogP contribution in [0.4, 0.5) is 17.6 Å². The number of aliphatic hydroxyl groups excluding tert-OH is 1. The standard InChI is InChI=1S/C17H15F4N2O8P/c18-13(19)16(8-29-32(27)28-7-9-3-1-2-4-10(9)31-32)12(25)17(20,21)14(30-16)23-6-5-11(24)22-15(23)26/h1-6,12-14,25H,7-8H2,(H,22,24,26)/t12-,14-,16-,32?/m1/s1. The molecule has 1 fully saturated rings. The molecule has 1 aromatic heterocycles. The zero-order valence-corrected chi connectivity index (χ0v) is 16.7. The van der Waals surface area contributed by atoms with Crippen LogP contribution in [0.2, 0.25) is 0 Å². The lowest BCUT2D eigenvalue weighted by Crippen LogP contribution is -2.54. The molecule has 3 heterocycles. The van der Waals surface area contributed by atoms with E-state index < -0.39 is 56.0 Å². The average molecular weight is 482 g/mol. The number of phosphoric ester groups is 1. The highest BCUT2D eigenvalue weighted by Crippen LogP contribution is 2.57. The van der Waals surface area contributed by atoms with Gasteiger partial charge in [-0.3, -0.25) is 23.4 Å². The molecule has 0 amide bonds. The van der Waals surface area contributed by atoms with E-state index in [0.29, 0.717) is 17.8 Å². The summed E-state index contributed by atoms with van der Waals surface area (Å²) >= 11 is 0. The van der Waals surface area contributed by atoms with Crippen molar-refractivity contribution in [3.8, 4) is 5.75 Å². The van der Waals surface area contributed by atoms with Crippen LogP contribution < -0.4 is 15.8 Å². The van der Waals surface area contributed by atoms with Gasteiger partial charge in [-0.05, 0) is 6.07 Å².